The third kappa shape index (κ3) is 5.42. The summed E-state index contributed by atoms with van der Waals surface area (Å²) < 4.78 is 18.0. The molecule has 0 saturated heterocycles. The molecule has 5 heteroatoms. The van der Waals surface area contributed by atoms with E-state index in [-0.39, 0.29) is 18.8 Å². The molecule has 0 unspecified atom stereocenters. The summed E-state index contributed by atoms with van der Waals surface area (Å²) in [5.74, 6) is 2.91. The lowest BCUT2D eigenvalue weighted by atomic mass is 9.77. The molecule has 0 heterocycles. The Morgan fingerprint density at radius 2 is 1.25 bits per heavy atom. The molecule has 36 heavy (non-hydrogen) atoms. The van der Waals surface area contributed by atoms with E-state index < -0.39 is 5.41 Å². The first-order chi connectivity index (χ1) is 17.4. The molecule has 4 rings (SSSR count). The Morgan fingerprint density at radius 1 is 0.722 bits per heavy atom. The predicted molar refractivity (Wildman–Crippen MR) is 140 cm³/mol. The van der Waals surface area contributed by atoms with E-state index in [1.54, 1.807) is 13.2 Å². The van der Waals surface area contributed by atoms with Crippen molar-refractivity contribution < 1.29 is 24.1 Å². The Bertz CT molecular complexity index is 1310. The van der Waals surface area contributed by atoms with Gasteiger partial charge in [-0.2, -0.15) is 0 Å². The Balaban J connectivity index is 1.71. The molecule has 0 aromatic heterocycles. The number of carbonyl (C=O) groups is 1. The van der Waals surface area contributed by atoms with E-state index in [0.717, 1.165) is 0 Å². The Kier molecular flexibility index (Phi) is 7.71. The van der Waals surface area contributed by atoms with Crippen LogP contribution in [-0.2, 0) is 23.2 Å². The molecule has 4 aromatic carbocycles. The Morgan fingerprint density at radius 3 is 1.83 bits per heavy atom. The van der Waals surface area contributed by atoms with Crippen molar-refractivity contribution in [2.45, 2.75) is 32.3 Å². The summed E-state index contributed by atoms with van der Waals surface area (Å²) in [7, 11) is 1.58. The van der Waals surface area contributed by atoms with E-state index in [9.17, 15) is 9.90 Å². The number of benzene rings is 4. The third-order valence-electron chi connectivity index (χ3n) is 6.21. The number of para-hydroxylation sites is 2. The highest BCUT2D eigenvalue weighted by Crippen LogP contribution is 2.42. The van der Waals surface area contributed by atoms with Crippen LogP contribution < -0.4 is 14.2 Å². The molecule has 0 radical (unpaired) electrons. The maximum Gasteiger partial charge on any atom is 0.147 e. The van der Waals surface area contributed by atoms with Crippen molar-refractivity contribution >= 4 is 5.78 Å². The quantitative estimate of drug-likeness (QED) is 0.267. The number of rotatable bonds is 10. The maximum atomic E-state index is 13.9. The lowest BCUT2D eigenvalue weighted by Crippen LogP contribution is -2.32. The van der Waals surface area contributed by atoms with E-state index >= 15 is 0 Å². The second-order valence-corrected chi connectivity index (χ2v) is 8.94. The molecule has 0 aliphatic heterocycles. The molecular formula is C31H30O5. The first-order valence-corrected chi connectivity index (χ1v) is 11.8. The summed E-state index contributed by atoms with van der Waals surface area (Å²) in [6, 6.07) is 29.8. The monoisotopic (exact) mass is 482 g/mol. The third-order valence-corrected chi connectivity index (χ3v) is 6.21. The van der Waals surface area contributed by atoms with Gasteiger partial charge in [0.15, 0.2) is 0 Å². The van der Waals surface area contributed by atoms with Crippen molar-refractivity contribution in [2.24, 2.45) is 0 Å². The minimum atomic E-state index is -0.969. The fourth-order valence-electron chi connectivity index (χ4n) is 4.19. The van der Waals surface area contributed by atoms with Crippen molar-refractivity contribution in [3.8, 4) is 28.7 Å². The molecule has 1 N–H and O–H groups in total. The second-order valence-electron chi connectivity index (χ2n) is 8.94. The van der Waals surface area contributed by atoms with Crippen molar-refractivity contribution in [3.63, 3.8) is 0 Å². The average molecular weight is 483 g/mol. The van der Waals surface area contributed by atoms with Gasteiger partial charge in [0.1, 0.15) is 34.5 Å². The number of Topliss-reactive ketones (excluding diaryl/α,β-unsaturated/α-hetero) is 1. The number of hydrogen-bond acceptors (Lipinski definition) is 5. The highest BCUT2D eigenvalue weighted by atomic mass is 16.5. The summed E-state index contributed by atoms with van der Waals surface area (Å²) in [5, 5.41) is 10.0. The van der Waals surface area contributed by atoms with E-state index in [4.69, 9.17) is 14.2 Å². The zero-order valence-electron chi connectivity index (χ0n) is 20.7. The highest BCUT2D eigenvalue weighted by Gasteiger charge is 2.36. The first kappa shape index (κ1) is 25.0. The average Bonchev–Trinajstić information content (AvgIpc) is 2.90. The van der Waals surface area contributed by atoms with Crippen molar-refractivity contribution in [1.29, 1.82) is 0 Å². The smallest absolute Gasteiger partial charge is 0.147 e. The van der Waals surface area contributed by atoms with Gasteiger partial charge in [-0.1, -0.05) is 54.6 Å². The number of carbonyl (C=O) groups excluding carboxylic acids is 1. The van der Waals surface area contributed by atoms with Gasteiger partial charge in [-0.15, -0.1) is 0 Å². The minimum absolute atomic E-state index is 0.0642. The lowest BCUT2D eigenvalue weighted by molar-refractivity contribution is -0.123. The Labute approximate surface area is 211 Å². The van der Waals surface area contributed by atoms with Crippen LogP contribution in [-0.4, -0.2) is 18.0 Å². The van der Waals surface area contributed by atoms with Gasteiger partial charge >= 0.3 is 0 Å². The van der Waals surface area contributed by atoms with Gasteiger partial charge in [0, 0.05) is 17.5 Å². The molecule has 0 spiro atoms. The number of hydrogen-bond donors (Lipinski definition) is 1. The number of aliphatic hydroxyl groups excluding tert-OH is 1. The molecule has 0 bridgehead atoms. The van der Waals surface area contributed by atoms with E-state index in [1.807, 2.05) is 105 Å². The molecule has 5 nitrogen and oxygen atoms in total. The van der Waals surface area contributed by atoms with Crippen molar-refractivity contribution in [3.05, 3.63) is 114 Å². The van der Waals surface area contributed by atoms with Crippen LogP contribution in [0.25, 0.3) is 0 Å². The summed E-state index contributed by atoms with van der Waals surface area (Å²) in [5.41, 5.74) is 0.993. The van der Waals surface area contributed by atoms with Gasteiger partial charge in [-0.25, -0.2) is 0 Å². The zero-order valence-corrected chi connectivity index (χ0v) is 20.7. The van der Waals surface area contributed by atoms with Crippen LogP contribution in [0.4, 0.5) is 0 Å². The Hall–Kier alpha value is -4.09. The van der Waals surface area contributed by atoms with E-state index in [0.29, 0.717) is 45.4 Å². The SMILES string of the molecule is COc1cccc(Oc2ccccc2)c1C(C)(C)C(=O)Cc1c(CO)cccc1Oc1ccccc1. The second kappa shape index (κ2) is 11.1. The molecule has 0 aliphatic carbocycles. The fraction of sp³-hybridized carbons (Fsp3) is 0.194. The number of ether oxygens (including phenoxy) is 3. The van der Waals surface area contributed by atoms with Gasteiger partial charge in [0.05, 0.1) is 19.1 Å². The summed E-state index contributed by atoms with van der Waals surface area (Å²) >= 11 is 0. The molecule has 184 valence electrons. The maximum absolute atomic E-state index is 13.9. The molecule has 0 atom stereocenters. The van der Waals surface area contributed by atoms with Crippen molar-refractivity contribution in [1.82, 2.24) is 0 Å². The fourth-order valence-corrected chi connectivity index (χ4v) is 4.19. The van der Waals surface area contributed by atoms with E-state index in [1.165, 1.54) is 0 Å². The normalized spacial score (nSPS) is 11.1. The zero-order chi connectivity index (χ0) is 25.5. The molecule has 0 saturated carbocycles. The van der Waals surface area contributed by atoms with Crippen LogP contribution in [0, 0.1) is 0 Å². The van der Waals surface area contributed by atoms with Crippen LogP contribution in [0.2, 0.25) is 0 Å². The highest BCUT2D eigenvalue weighted by molar-refractivity contribution is 5.93. The number of ketones is 1. The van der Waals surface area contributed by atoms with Gasteiger partial charge in [0.25, 0.3) is 0 Å². The summed E-state index contributed by atoms with van der Waals surface area (Å²) in [4.78, 5) is 13.9. The van der Waals surface area contributed by atoms with Crippen LogP contribution in [0.1, 0.15) is 30.5 Å². The van der Waals surface area contributed by atoms with Crippen LogP contribution in [0.15, 0.2) is 97.1 Å². The molecule has 4 aromatic rings. The first-order valence-electron chi connectivity index (χ1n) is 11.8. The number of aliphatic hydroxyl groups is 1. The van der Waals surface area contributed by atoms with Gasteiger partial charge in [0.2, 0.25) is 0 Å². The molecule has 0 amide bonds. The lowest BCUT2D eigenvalue weighted by Gasteiger charge is -2.28. The van der Waals surface area contributed by atoms with Gasteiger partial charge in [-0.3, -0.25) is 4.79 Å². The number of methoxy groups -OCH3 is 1. The van der Waals surface area contributed by atoms with Gasteiger partial charge in [-0.05, 0) is 61.9 Å². The summed E-state index contributed by atoms with van der Waals surface area (Å²) in [6.07, 6.45) is 0.0642. The molecule has 0 fully saturated rings. The topological polar surface area (TPSA) is 65.0 Å². The largest absolute Gasteiger partial charge is 0.496 e. The minimum Gasteiger partial charge on any atom is -0.496 e. The van der Waals surface area contributed by atoms with E-state index in [2.05, 4.69) is 0 Å². The van der Waals surface area contributed by atoms with Crippen molar-refractivity contribution in [2.75, 3.05) is 7.11 Å². The van der Waals surface area contributed by atoms with Gasteiger partial charge < -0.3 is 19.3 Å². The molecule has 0 aliphatic rings. The van der Waals surface area contributed by atoms with Crippen LogP contribution in [0.5, 0.6) is 28.7 Å². The van der Waals surface area contributed by atoms with Crippen LogP contribution >= 0.6 is 0 Å². The standard InChI is InChI=1S/C31H30O5/c1-31(2,30-27(34-3)18-11-19-28(30)36-24-15-8-5-9-16-24)29(33)20-25-22(21-32)12-10-17-26(25)35-23-13-6-4-7-14-23/h4-19,32H,20-21H2,1-3H3. The van der Waals surface area contributed by atoms with Crippen LogP contribution in [0.3, 0.4) is 0 Å². The summed E-state index contributed by atoms with van der Waals surface area (Å²) in [6.45, 7) is 3.53. The molecular weight excluding hydrogens is 452 g/mol. The predicted octanol–water partition coefficient (Wildman–Crippen LogP) is 6.86.